The number of carbonyl (C=O) groups is 1. The number of thioether (sulfide) groups is 1. The Balaban J connectivity index is 1.85. The van der Waals surface area contributed by atoms with E-state index >= 15 is 0 Å². The van der Waals surface area contributed by atoms with Crippen LogP contribution in [0.1, 0.15) is 21.3 Å². The molecule has 0 radical (unpaired) electrons. The summed E-state index contributed by atoms with van der Waals surface area (Å²) in [7, 11) is 0. The lowest BCUT2D eigenvalue weighted by Gasteiger charge is -2.24. The number of carbonyl (C=O) groups excluding carboxylic acids is 1. The summed E-state index contributed by atoms with van der Waals surface area (Å²) in [6.07, 6.45) is 0. The highest BCUT2D eigenvalue weighted by molar-refractivity contribution is 9.10. The predicted molar refractivity (Wildman–Crippen MR) is 94.5 cm³/mol. The molecule has 0 aliphatic carbocycles. The third-order valence-electron chi connectivity index (χ3n) is 3.40. The highest BCUT2D eigenvalue weighted by Crippen LogP contribution is 2.39. The van der Waals surface area contributed by atoms with Crippen molar-refractivity contribution in [1.82, 2.24) is 4.90 Å². The number of hydrogen-bond donors (Lipinski definition) is 0. The molecule has 1 amide bonds. The molecule has 0 spiro atoms. The molecule has 1 fully saturated rings. The molecule has 1 aliphatic rings. The Morgan fingerprint density at radius 2 is 1.57 bits per heavy atom. The maximum atomic E-state index is 12.7. The first-order valence-corrected chi connectivity index (χ1v) is 9.22. The van der Waals surface area contributed by atoms with Crippen LogP contribution in [0.5, 0.6) is 0 Å². The van der Waals surface area contributed by atoms with Crippen LogP contribution in [0.3, 0.4) is 0 Å². The van der Waals surface area contributed by atoms with Gasteiger partial charge in [0.2, 0.25) is 0 Å². The van der Waals surface area contributed by atoms with Crippen LogP contribution in [-0.2, 0) is 0 Å². The van der Waals surface area contributed by atoms with Gasteiger partial charge in [-0.05, 0) is 42.0 Å². The smallest absolute Gasteiger partial charge is 0.255 e. The first-order valence-electron chi connectivity index (χ1n) is 6.59. The van der Waals surface area contributed by atoms with Gasteiger partial charge in [0.1, 0.15) is 5.37 Å². The Kier molecular flexibility index (Phi) is 4.72. The molecule has 0 bridgehead atoms. The van der Waals surface area contributed by atoms with Gasteiger partial charge in [-0.1, -0.05) is 44.0 Å². The number of benzene rings is 2. The van der Waals surface area contributed by atoms with Gasteiger partial charge < -0.3 is 4.90 Å². The topological polar surface area (TPSA) is 20.3 Å². The molecule has 3 rings (SSSR count). The fourth-order valence-electron chi connectivity index (χ4n) is 2.34. The van der Waals surface area contributed by atoms with E-state index in [1.165, 1.54) is 5.56 Å². The van der Waals surface area contributed by atoms with Crippen molar-refractivity contribution in [2.45, 2.75) is 5.37 Å². The van der Waals surface area contributed by atoms with E-state index in [9.17, 15) is 4.79 Å². The average Bonchev–Trinajstić information content (AvgIpc) is 2.97. The Hall–Kier alpha value is -0.780. The number of rotatable bonds is 2. The quantitative estimate of drug-likeness (QED) is 0.665. The molecule has 0 N–H and O–H groups in total. The maximum Gasteiger partial charge on any atom is 0.255 e. The van der Waals surface area contributed by atoms with Crippen LogP contribution in [-0.4, -0.2) is 23.1 Å². The summed E-state index contributed by atoms with van der Waals surface area (Å²) >= 11 is 8.67. The monoisotopic (exact) mass is 425 g/mol. The van der Waals surface area contributed by atoms with E-state index in [1.807, 2.05) is 53.1 Å². The fraction of sp³-hybridized carbons (Fsp3) is 0.188. The first kappa shape index (κ1) is 15.1. The summed E-state index contributed by atoms with van der Waals surface area (Å²) in [5.41, 5.74) is 1.91. The summed E-state index contributed by atoms with van der Waals surface area (Å²) in [5, 5.41) is 0.106. The highest BCUT2D eigenvalue weighted by atomic mass is 79.9. The Bertz CT molecular complexity index is 642. The van der Waals surface area contributed by atoms with Crippen LogP contribution < -0.4 is 0 Å². The van der Waals surface area contributed by atoms with Crippen LogP contribution in [0.4, 0.5) is 0 Å². The summed E-state index contributed by atoms with van der Waals surface area (Å²) < 4.78 is 2.04. The number of hydrogen-bond acceptors (Lipinski definition) is 2. The van der Waals surface area contributed by atoms with Crippen molar-refractivity contribution in [2.75, 3.05) is 12.3 Å². The molecular formula is C16H13Br2NOS. The molecule has 1 heterocycles. The van der Waals surface area contributed by atoms with Gasteiger partial charge in [0.15, 0.2) is 0 Å². The largest absolute Gasteiger partial charge is 0.322 e. The Labute approximate surface area is 145 Å². The van der Waals surface area contributed by atoms with Gasteiger partial charge in [-0.25, -0.2) is 0 Å². The summed E-state index contributed by atoms with van der Waals surface area (Å²) in [6, 6.07) is 15.8. The summed E-state index contributed by atoms with van der Waals surface area (Å²) in [4.78, 5) is 14.7. The van der Waals surface area contributed by atoms with Crippen molar-refractivity contribution < 1.29 is 4.79 Å². The van der Waals surface area contributed by atoms with Crippen molar-refractivity contribution in [3.8, 4) is 0 Å². The minimum atomic E-state index is 0.0976. The number of nitrogens with zero attached hydrogens (tertiary/aromatic N) is 1. The molecule has 0 aromatic heterocycles. The standard InChI is InChI=1S/C16H13Br2NOS/c17-13-5-1-11(2-6-13)15(20)19-9-10-21-16(19)12-3-7-14(18)8-4-12/h1-8,16H,9-10H2. The third kappa shape index (κ3) is 3.35. The molecule has 0 saturated carbocycles. The average molecular weight is 427 g/mol. The Morgan fingerprint density at radius 1 is 1.00 bits per heavy atom. The molecule has 2 nitrogen and oxygen atoms in total. The molecule has 1 unspecified atom stereocenters. The zero-order valence-corrected chi connectivity index (χ0v) is 15.1. The van der Waals surface area contributed by atoms with Crippen LogP contribution in [0.25, 0.3) is 0 Å². The van der Waals surface area contributed by atoms with Gasteiger partial charge in [0, 0.05) is 26.8 Å². The molecule has 21 heavy (non-hydrogen) atoms. The van der Waals surface area contributed by atoms with Crippen molar-refractivity contribution in [3.05, 3.63) is 68.6 Å². The minimum absolute atomic E-state index is 0.0976. The molecule has 1 atom stereocenters. The van der Waals surface area contributed by atoms with Gasteiger partial charge in [-0.15, -0.1) is 11.8 Å². The van der Waals surface area contributed by atoms with Gasteiger partial charge >= 0.3 is 0 Å². The zero-order chi connectivity index (χ0) is 14.8. The van der Waals surface area contributed by atoms with Crippen LogP contribution >= 0.6 is 43.6 Å². The van der Waals surface area contributed by atoms with Crippen molar-refractivity contribution >= 4 is 49.5 Å². The van der Waals surface area contributed by atoms with Gasteiger partial charge in [0.05, 0.1) is 0 Å². The lowest BCUT2D eigenvalue weighted by atomic mass is 10.1. The third-order valence-corrected chi connectivity index (χ3v) is 5.72. The molecule has 1 saturated heterocycles. The van der Waals surface area contributed by atoms with Crippen LogP contribution in [0.2, 0.25) is 0 Å². The van der Waals surface area contributed by atoms with E-state index in [2.05, 4.69) is 44.0 Å². The Morgan fingerprint density at radius 3 is 2.19 bits per heavy atom. The molecular weight excluding hydrogens is 414 g/mol. The van der Waals surface area contributed by atoms with Crippen LogP contribution in [0.15, 0.2) is 57.5 Å². The molecule has 1 aliphatic heterocycles. The van der Waals surface area contributed by atoms with Gasteiger partial charge in [-0.3, -0.25) is 4.79 Å². The van der Waals surface area contributed by atoms with Crippen molar-refractivity contribution in [1.29, 1.82) is 0 Å². The van der Waals surface area contributed by atoms with E-state index in [1.54, 1.807) is 0 Å². The normalized spacial score (nSPS) is 18.0. The number of halogens is 2. The minimum Gasteiger partial charge on any atom is -0.322 e. The lowest BCUT2D eigenvalue weighted by Crippen LogP contribution is -2.30. The number of amides is 1. The van der Waals surface area contributed by atoms with Crippen molar-refractivity contribution in [3.63, 3.8) is 0 Å². The van der Waals surface area contributed by atoms with E-state index in [0.29, 0.717) is 0 Å². The zero-order valence-electron chi connectivity index (χ0n) is 11.1. The molecule has 2 aromatic rings. The van der Waals surface area contributed by atoms with Gasteiger partial charge in [-0.2, -0.15) is 0 Å². The molecule has 108 valence electrons. The van der Waals surface area contributed by atoms with E-state index in [-0.39, 0.29) is 11.3 Å². The van der Waals surface area contributed by atoms with Gasteiger partial charge in [0.25, 0.3) is 5.91 Å². The summed E-state index contributed by atoms with van der Waals surface area (Å²) in [6.45, 7) is 0.792. The molecule has 5 heteroatoms. The highest BCUT2D eigenvalue weighted by Gasteiger charge is 2.31. The first-order chi connectivity index (χ1) is 10.1. The SMILES string of the molecule is O=C(c1ccc(Br)cc1)N1CCSC1c1ccc(Br)cc1. The predicted octanol–water partition coefficient (Wildman–Crippen LogP) is 5.10. The van der Waals surface area contributed by atoms with E-state index in [0.717, 1.165) is 26.8 Å². The second-order valence-corrected chi connectivity index (χ2v) is 7.80. The van der Waals surface area contributed by atoms with E-state index < -0.39 is 0 Å². The fourth-order valence-corrected chi connectivity index (χ4v) is 4.12. The maximum absolute atomic E-state index is 12.7. The second-order valence-electron chi connectivity index (χ2n) is 4.78. The van der Waals surface area contributed by atoms with Crippen molar-refractivity contribution in [2.24, 2.45) is 0 Å². The van der Waals surface area contributed by atoms with E-state index in [4.69, 9.17) is 0 Å². The lowest BCUT2D eigenvalue weighted by molar-refractivity contribution is 0.0760. The summed E-state index contributed by atoms with van der Waals surface area (Å²) in [5.74, 6) is 1.07. The second kappa shape index (κ2) is 6.55. The molecule has 2 aromatic carbocycles. The van der Waals surface area contributed by atoms with Crippen LogP contribution in [0, 0.1) is 0 Å².